The summed E-state index contributed by atoms with van der Waals surface area (Å²) in [6, 6.07) is 6.25. The zero-order chi connectivity index (χ0) is 8.55. The number of para-hydroxylation sites is 1. The van der Waals surface area contributed by atoms with Gasteiger partial charge in [0.15, 0.2) is 0 Å². The van der Waals surface area contributed by atoms with Gasteiger partial charge in [0.05, 0.1) is 9.67 Å². The molecule has 1 aliphatic carbocycles. The van der Waals surface area contributed by atoms with Gasteiger partial charge in [-0.25, -0.2) is 0 Å². The van der Waals surface area contributed by atoms with Crippen molar-refractivity contribution in [2.45, 2.75) is 25.9 Å². The molecule has 1 nitrogen and oxygen atoms in total. The molecule has 0 spiro atoms. The van der Waals surface area contributed by atoms with Gasteiger partial charge in [0, 0.05) is 0 Å². The molecule has 1 saturated carbocycles. The minimum Gasteiger partial charge on any atom is -0.489 e. The van der Waals surface area contributed by atoms with E-state index in [0.29, 0.717) is 6.10 Å². The van der Waals surface area contributed by atoms with Crippen LogP contribution in [0.15, 0.2) is 18.2 Å². The molecule has 0 N–H and O–H groups in total. The van der Waals surface area contributed by atoms with Crippen molar-refractivity contribution in [2.75, 3.05) is 0 Å². The molecule has 0 aliphatic heterocycles. The lowest BCUT2D eigenvalue weighted by Crippen LogP contribution is -1.99. The first-order chi connectivity index (χ1) is 5.77. The molecular formula is C10H11IO. The van der Waals surface area contributed by atoms with E-state index in [2.05, 4.69) is 47.7 Å². The Bertz CT molecular complexity index is 272. The molecule has 0 bridgehead atoms. The lowest BCUT2D eigenvalue weighted by atomic mass is 10.2. The van der Waals surface area contributed by atoms with Gasteiger partial charge in [-0.1, -0.05) is 12.1 Å². The molecule has 0 aromatic heterocycles. The van der Waals surface area contributed by atoms with Gasteiger partial charge in [0.1, 0.15) is 5.75 Å². The van der Waals surface area contributed by atoms with E-state index in [1.807, 2.05) is 0 Å². The van der Waals surface area contributed by atoms with Crippen molar-refractivity contribution in [3.8, 4) is 5.75 Å². The van der Waals surface area contributed by atoms with Crippen LogP contribution in [-0.2, 0) is 0 Å². The quantitative estimate of drug-likeness (QED) is 0.753. The molecule has 0 heterocycles. The van der Waals surface area contributed by atoms with Gasteiger partial charge >= 0.3 is 0 Å². The van der Waals surface area contributed by atoms with Crippen molar-refractivity contribution in [3.05, 3.63) is 27.3 Å². The zero-order valence-corrected chi connectivity index (χ0v) is 9.17. The normalized spacial score (nSPS) is 16.2. The molecule has 0 amide bonds. The minimum atomic E-state index is 0.500. The molecule has 0 unspecified atom stereocenters. The average Bonchev–Trinajstić information content (AvgIpc) is 2.80. The lowest BCUT2D eigenvalue weighted by molar-refractivity contribution is 0.299. The third-order valence-corrected chi connectivity index (χ3v) is 2.82. The molecule has 1 aromatic rings. The number of hydrogen-bond acceptors (Lipinski definition) is 1. The summed E-state index contributed by atoms with van der Waals surface area (Å²) in [5, 5.41) is 0. The highest BCUT2D eigenvalue weighted by Gasteiger charge is 2.24. The second-order valence-electron chi connectivity index (χ2n) is 3.20. The van der Waals surface area contributed by atoms with Gasteiger partial charge in [-0.2, -0.15) is 0 Å². The number of hydrogen-bond donors (Lipinski definition) is 0. The summed E-state index contributed by atoms with van der Waals surface area (Å²) in [6.45, 7) is 2.10. The Hall–Kier alpha value is -0.250. The van der Waals surface area contributed by atoms with Gasteiger partial charge in [-0.05, 0) is 54.0 Å². The molecule has 0 saturated heterocycles. The van der Waals surface area contributed by atoms with Crippen LogP contribution >= 0.6 is 22.6 Å². The Balaban J connectivity index is 2.26. The van der Waals surface area contributed by atoms with Gasteiger partial charge in [-0.15, -0.1) is 0 Å². The van der Waals surface area contributed by atoms with Crippen LogP contribution in [0.25, 0.3) is 0 Å². The highest BCUT2D eigenvalue weighted by Crippen LogP contribution is 2.32. The van der Waals surface area contributed by atoms with E-state index < -0.39 is 0 Å². The minimum absolute atomic E-state index is 0.500. The maximum absolute atomic E-state index is 5.78. The lowest BCUT2D eigenvalue weighted by Gasteiger charge is -2.09. The second-order valence-corrected chi connectivity index (χ2v) is 4.37. The summed E-state index contributed by atoms with van der Waals surface area (Å²) in [7, 11) is 0. The van der Waals surface area contributed by atoms with Crippen LogP contribution in [0, 0.1) is 10.5 Å². The van der Waals surface area contributed by atoms with E-state index in [1.165, 1.54) is 22.0 Å². The van der Waals surface area contributed by atoms with Gasteiger partial charge in [0.25, 0.3) is 0 Å². The molecule has 1 aromatic carbocycles. The Morgan fingerprint density at radius 3 is 2.75 bits per heavy atom. The van der Waals surface area contributed by atoms with Gasteiger partial charge < -0.3 is 4.74 Å². The van der Waals surface area contributed by atoms with Crippen molar-refractivity contribution in [1.29, 1.82) is 0 Å². The van der Waals surface area contributed by atoms with Crippen LogP contribution in [0.4, 0.5) is 0 Å². The Morgan fingerprint density at radius 2 is 2.17 bits per heavy atom. The highest BCUT2D eigenvalue weighted by molar-refractivity contribution is 14.1. The van der Waals surface area contributed by atoms with Crippen LogP contribution in [0.5, 0.6) is 5.75 Å². The predicted molar refractivity (Wildman–Crippen MR) is 57.5 cm³/mol. The maximum atomic E-state index is 5.78. The largest absolute Gasteiger partial charge is 0.489 e. The Kier molecular flexibility index (Phi) is 2.26. The van der Waals surface area contributed by atoms with E-state index in [4.69, 9.17) is 4.74 Å². The second kappa shape index (κ2) is 3.24. The summed E-state index contributed by atoms with van der Waals surface area (Å²) in [6.07, 6.45) is 2.95. The first-order valence-corrected chi connectivity index (χ1v) is 5.27. The van der Waals surface area contributed by atoms with Crippen LogP contribution in [0.3, 0.4) is 0 Å². The van der Waals surface area contributed by atoms with Crippen LogP contribution < -0.4 is 4.74 Å². The van der Waals surface area contributed by atoms with Crippen LogP contribution in [0.2, 0.25) is 0 Å². The van der Waals surface area contributed by atoms with Crippen molar-refractivity contribution < 1.29 is 4.74 Å². The van der Waals surface area contributed by atoms with E-state index in [1.54, 1.807) is 0 Å². The van der Waals surface area contributed by atoms with E-state index in [9.17, 15) is 0 Å². The zero-order valence-electron chi connectivity index (χ0n) is 7.01. The summed E-state index contributed by atoms with van der Waals surface area (Å²) in [5.74, 6) is 1.08. The third kappa shape index (κ3) is 1.73. The third-order valence-electron chi connectivity index (χ3n) is 1.97. The number of ether oxygens (including phenoxy) is 1. The molecule has 1 aliphatic rings. The molecule has 12 heavy (non-hydrogen) atoms. The topological polar surface area (TPSA) is 9.23 Å². The number of aryl methyl sites for hydroxylation is 1. The molecule has 2 rings (SSSR count). The van der Waals surface area contributed by atoms with Crippen molar-refractivity contribution in [1.82, 2.24) is 0 Å². The van der Waals surface area contributed by atoms with Crippen molar-refractivity contribution in [2.24, 2.45) is 0 Å². The SMILES string of the molecule is Cc1cccc(I)c1OC1CC1. The number of halogens is 1. The fourth-order valence-electron chi connectivity index (χ4n) is 1.12. The smallest absolute Gasteiger partial charge is 0.135 e. The van der Waals surface area contributed by atoms with E-state index >= 15 is 0 Å². The molecule has 0 radical (unpaired) electrons. The highest BCUT2D eigenvalue weighted by atomic mass is 127. The summed E-state index contributed by atoms with van der Waals surface area (Å²) in [5.41, 5.74) is 1.24. The Labute approximate surface area is 86.3 Å². The molecule has 1 fully saturated rings. The predicted octanol–water partition coefficient (Wildman–Crippen LogP) is 3.14. The molecule has 0 atom stereocenters. The first kappa shape index (κ1) is 8.35. The van der Waals surface area contributed by atoms with Crippen molar-refractivity contribution in [3.63, 3.8) is 0 Å². The van der Waals surface area contributed by atoms with Crippen LogP contribution in [0.1, 0.15) is 18.4 Å². The van der Waals surface area contributed by atoms with E-state index in [0.717, 1.165) is 5.75 Å². The van der Waals surface area contributed by atoms with Crippen LogP contribution in [-0.4, -0.2) is 6.10 Å². The molecule has 64 valence electrons. The monoisotopic (exact) mass is 274 g/mol. The summed E-state index contributed by atoms with van der Waals surface area (Å²) in [4.78, 5) is 0. The fourth-order valence-corrected chi connectivity index (χ4v) is 1.88. The van der Waals surface area contributed by atoms with Crippen molar-refractivity contribution >= 4 is 22.6 Å². The Morgan fingerprint density at radius 1 is 1.42 bits per heavy atom. The summed E-state index contributed by atoms with van der Waals surface area (Å²) >= 11 is 2.32. The number of benzene rings is 1. The molecular weight excluding hydrogens is 263 g/mol. The van der Waals surface area contributed by atoms with E-state index in [-0.39, 0.29) is 0 Å². The average molecular weight is 274 g/mol. The van der Waals surface area contributed by atoms with Gasteiger partial charge in [-0.3, -0.25) is 0 Å². The number of rotatable bonds is 2. The summed E-state index contributed by atoms with van der Waals surface area (Å²) < 4.78 is 7.00. The molecule has 2 heteroatoms. The maximum Gasteiger partial charge on any atom is 0.135 e. The van der Waals surface area contributed by atoms with Gasteiger partial charge in [0.2, 0.25) is 0 Å². The standard InChI is InChI=1S/C10H11IO/c1-7-3-2-4-9(11)10(7)12-8-5-6-8/h2-4,8H,5-6H2,1H3. The fraction of sp³-hybridized carbons (Fsp3) is 0.400. The first-order valence-electron chi connectivity index (χ1n) is 4.19.